The minimum Gasteiger partial charge on any atom is -0.376 e. The van der Waals surface area contributed by atoms with Crippen LogP contribution in [0.3, 0.4) is 0 Å². The largest absolute Gasteiger partial charge is 0.376 e. The predicted octanol–water partition coefficient (Wildman–Crippen LogP) is 1.60. The van der Waals surface area contributed by atoms with Gasteiger partial charge in [0, 0.05) is 18.9 Å². The Kier molecular flexibility index (Phi) is 4.11. The van der Waals surface area contributed by atoms with Crippen molar-refractivity contribution >= 4 is 0 Å². The second-order valence-corrected chi connectivity index (χ2v) is 4.09. The summed E-state index contributed by atoms with van der Waals surface area (Å²) in [7, 11) is 0. The summed E-state index contributed by atoms with van der Waals surface area (Å²) in [6, 6.07) is 3.99. The summed E-state index contributed by atoms with van der Waals surface area (Å²) in [6.07, 6.45) is 6.22. The Balaban J connectivity index is 1.66. The third-order valence-corrected chi connectivity index (χ3v) is 2.74. The highest BCUT2D eigenvalue weighted by molar-refractivity contribution is 5.06. The van der Waals surface area contributed by atoms with E-state index in [1.54, 1.807) is 6.20 Å². The van der Waals surface area contributed by atoms with Crippen LogP contribution < -0.4 is 5.32 Å². The maximum absolute atomic E-state index is 5.68. The Morgan fingerprint density at radius 1 is 1.53 bits per heavy atom. The number of ether oxygens (including phenoxy) is 1. The van der Waals surface area contributed by atoms with Crippen LogP contribution in [-0.2, 0) is 11.3 Å². The normalized spacial score (nSPS) is 21.5. The molecular formula is C12H18N2O. The van der Waals surface area contributed by atoms with Crippen LogP contribution in [0.5, 0.6) is 0 Å². The fourth-order valence-corrected chi connectivity index (χ4v) is 1.89. The molecule has 3 heteroatoms. The molecule has 82 valence electrons. The van der Waals surface area contributed by atoms with Crippen LogP contribution in [0.25, 0.3) is 0 Å². The van der Waals surface area contributed by atoms with Crippen LogP contribution in [-0.4, -0.2) is 24.7 Å². The second kappa shape index (κ2) is 5.83. The van der Waals surface area contributed by atoms with Gasteiger partial charge in [-0.25, -0.2) is 0 Å². The summed E-state index contributed by atoms with van der Waals surface area (Å²) in [6.45, 7) is 3.82. The molecule has 3 nitrogen and oxygen atoms in total. The first-order valence-corrected chi connectivity index (χ1v) is 5.62. The first kappa shape index (κ1) is 10.6. The second-order valence-electron chi connectivity index (χ2n) is 4.09. The van der Waals surface area contributed by atoms with Crippen molar-refractivity contribution in [3.8, 4) is 0 Å². The lowest BCUT2D eigenvalue weighted by molar-refractivity contribution is 0.0781. The number of piperidine rings is 1. The van der Waals surface area contributed by atoms with E-state index in [0.717, 1.165) is 18.7 Å². The van der Waals surface area contributed by atoms with Gasteiger partial charge in [-0.3, -0.25) is 4.98 Å². The Hall–Kier alpha value is -0.930. The van der Waals surface area contributed by atoms with E-state index in [-0.39, 0.29) is 0 Å². The molecule has 0 bridgehead atoms. The Labute approximate surface area is 90.9 Å². The maximum atomic E-state index is 5.68. The molecule has 1 N–H and O–H groups in total. The molecule has 0 radical (unpaired) electrons. The highest BCUT2D eigenvalue weighted by Gasteiger charge is 2.12. The van der Waals surface area contributed by atoms with Crippen molar-refractivity contribution in [1.82, 2.24) is 10.3 Å². The minimum atomic E-state index is 0.685. The highest BCUT2D eigenvalue weighted by atomic mass is 16.5. The predicted molar refractivity (Wildman–Crippen MR) is 59.5 cm³/mol. The van der Waals surface area contributed by atoms with E-state index in [9.17, 15) is 0 Å². The fourth-order valence-electron chi connectivity index (χ4n) is 1.89. The van der Waals surface area contributed by atoms with Crippen LogP contribution in [0, 0.1) is 5.92 Å². The first-order chi connectivity index (χ1) is 7.45. The van der Waals surface area contributed by atoms with E-state index >= 15 is 0 Å². The zero-order chi connectivity index (χ0) is 10.3. The monoisotopic (exact) mass is 206 g/mol. The number of aromatic nitrogens is 1. The summed E-state index contributed by atoms with van der Waals surface area (Å²) >= 11 is 0. The molecule has 0 aromatic carbocycles. The van der Waals surface area contributed by atoms with Crippen LogP contribution in [0.15, 0.2) is 24.5 Å². The molecule has 1 fully saturated rings. The molecule has 1 aromatic rings. The van der Waals surface area contributed by atoms with Crippen molar-refractivity contribution in [3.63, 3.8) is 0 Å². The van der Waals surface area contributed by atoms with E-state index in [0.29, 0.717) is 12.5 Å². The molecular weight excluding hydrogens is 188 g/mol. The Bertz CT molecular complexity index is 270. The van der Waals surface area contributed by atoms with Crippen molar-refractivity contribution < 1.29 is 4.74 Å². The molecule has 0 unspecified atom stereocenters. The van der Waals surface area contributed by atoms with Gasteiger partial charge in [-0.1, -0.05) is 6.07 Å². The van der Waals surface area contributed by atoms with E-state index in [1.807, 2.05) is 18.3 Å². The van der Waals surface area contributed by atoms with Crippen LogP contribution in [0.2, 0.25) is 0 Å². The lowest BCUT2D eigenvalue weighted by Gasteiger charge is -2.22. The summed E-state index contributed by atoms with van der Waals surface area (Å²) in [4.78, 5) is 4.06. The summed E-state index contributed by atoms with van der Waals surface area (Å²) < 4.78 is 5.68. The quantitative estimate of drug-likeness (QED) is 0.812. The topological polar surface area (TPSA) is 34.1 Å². The van der Waals surface area contributed by atoms with Crippen molar-refractivity contribution in [1.29, 1.82) is 0 Å². The van der Waals surface area contributed by atoms with Gasteiger partial charge in [0.15, 0.2) is 0 Å². The molecule has 2 heterocycles. The van der Waals surface area contributed by atoms with Gasteiger partial charge in [0.25, 0.3) is 0 Å². The lowest BCUT2D eigenvalue weighted by atomic mass is 10.0. The van der Waals surface area contributed by atoms with E-state index in [2.05, 4.69) is 10.3 Å². The van der Waals surface area contributed by atoms with Gasteiger partial charge in [-0.05, 0) is 36.9 Å². The van der Waals surface area contributed by atoms with Gasteiger partial charge in [0.1, 0.15) is 0 Å². The number of nitrogens with one attached hydrogen (secondary N) is 1. The first-order valence-electron chi connectivity index (χ1n) is 5.62. The minimum absolute atomic E-state index is 0.685. The molecule has 1 saturated heterocycles. The van der Waals surface area contributed by atoms with Crippen LogP contribution in [0.1, 0.15) is 18.4 Å². The smallest absolute Gasteiger partial charge is 0.0731 e. The van der Waals surface area contributed by atoms with Crippen molar-refractivity contribution in [2.75, 3.05) is 19.7 Å². The molecule has 2 rings (SSSR count). The van der Waals surface area contributed by atoms with Crippen molar-refractivity contribution in [3.05, 3.63) is 30.1 Å². The Morgan fingerprint density at radius 3 is 3.27 bits per heavy atom. The van der Waals surface area contributed by atoms with Gasteiger partial charge in [0.2, 0.25) is 0 Å². The summed E-state index contributed by atoms with van der Waals surface area (Å²) in [5.41, 5.74) is 1.15. The van der Waals surface area contributed by atoms with Crippen molar-refractivity contribution in [2.24, 2.45) is 5.92 Å². The number of rotatable bonds is 4. The van der Waals surface area contributed by atoms with Gasteiger partial charge in [-0.15, -0.1) is 0 Å². The maximum Gasteiger partial charge on any atom is 0.0731 e. The molecule has 1 aliphatic rings. The van der Waals surface area contributed by atoms with Crippen LogP contribution >= 0.6 is 0 Å². The molecule has 0 spiro atoms. The molecule has 1 aliphatic heterocycles. The zero-order valence-electron chi connectivity index (χ0n) is 8.98. The van der Waals surface area contributed by atoms with Gasteiger partial charge in [0.05, 0.1) is 13.2 Å². The van der Waals surface area contributed by atoms with Gasteiger partial charge in [-0.2, -0.15) is 0 Å². The average molecular weight is 206 g/mol. The third kappa shape index (κ3) is 3.61. The standard InChI is InChI=1S/C12H18N2O/c1-3-11(7-13-5-1)9-15-10-12-4-2-6-14-8-12/h1,3,5,7,12,14H,2,4,6,8-10H2/t12-/m1/s1. The van der Waals surface area contributed by atoms with Gasteiger partial charge < -0.3 is 10.1 Å². The SMILES string of the molecule is c1cncc(COC[C@@H]2CCCNC2)c1. The zero-order valence-corrected chi connectivity index (χ0v) is 8.98. The van der Waals surface area contributed by atoms with E-state index in [4.69, 9.17) is 4.74 Å². The van der Waals surface area contributed by atoms with Crippen molar-refractivity contribution in [2.45, 2.75) is 19.4 Å². The van der Waals surface area contributed by atoms with E-state index < -0.39 is 0 Å². The molecule has 0 amide bonds. The van der Waals surface area contributed by atoms with Crippen LogP contribution in [0.4, 0.5) is 0 Å². The van der Waals surface area contributed by atoms with Gasteiger partial charge >= 0.3 is 0 Å². The molecule has 0 aliphatic carbocycles. The summed E-state index contributed by atoms with van der Waals surface area (Å²) in [5.74, 6) is 0.690. The lowest BCUT2D eigenvalue weighted by Crippen LogP contribution is -2.32. The fraction of sp³-hybridized carbons (Fsp3) is 0.583. The number of hydrogen-bond acceptors (Lipinski definition) is 3. The number of nitrogens with zero attached hydrogens (tertiary/aromatic N) is 1. The highest BCUT2D eigenvalue weighted by Crippen LogP contribution is 2.11. The summed E-state index contributed by atoms with van der Waals surface area (Å²) in [5, 5.41) is 3.39. The third-order valence-electron chi connectivity index (χ3n) is 2.74. The molecule has 1 atom stereocenters. The Morgan fingerprint density at radius 2 is 2.53 bits per heavy atom. The molecule has 1 aromatic heterocycles. The molecule has 0 saturated carbocycles. The number of pyridine rings is 1. The average Bonchev–Trinajstić information content (AvgIpc) is 2.32. The van der Waals surface area contributed by atoms with E-state index in [1.165, 1.54) is 19.4 Å². The molecule has 15 heavy (non-hydrogen) atoms. The number of hydrogen-bond donors (Lipinski definition) is 1.